The second-order valence-electron chi connectivity index (χ2n) is 5.04. The number of hydrogen-bond donors (Lipinski definition) is 1. The van der Waals surface area contributed by atoms with Crippen molar-refractivity contribution in [3.05, 3.63) is 67.5 Å². The Morgan fingerprint density at radius 2 is 2.05 bits per heavy atom. The highest BCUT2D eigenvalue weighted by Gasteiger charge is 2.16. The summed E-state index contributed by atoms with van der Waals surface area (Å²) in [6.07, 6.45) is 0.737. The zero-order valence-electron chi connectivity index (χ0n) is 12.1. The highest BCUT2D eigenvalue weighted by molar-refractivity contribution is 14.1. The standard InChI is InChI=1S/C17H18ClFIN/c1-3-21-16(13-6-4-5-11(2)17(13)20)10-12-7-8-14(18)15(19)9-12/h4-9,16,21H,3,10H2,1-2H3. The average Bonchev–Trinajstić information content (AvgIpc) is 2.45. The van der Waals surface area contributed by atoms with E-state index in [0.717, 1.165) is 18.5 Å². The summed E-state index contributed by atoms with van der Waals surface area (Å²) in [5.41, 5.74) is 3.46. The summed E-state index contributed by atoms with van der Waals surface area (Å²) in [6.45, 7) is 5.05. The fourth-order valence-corrected chi connectivity index (χ4v) is 3.23. The Hall–Kier alpha value is -0.650. The van der Waals surface area contributed by atoms with Gasteiger partial charge in [-0.15, -0.1) is 0 Å². The third kappa shape index (κ3) is 4.18. The number of benzene rings is 2. The van der Waals surface area contributed by atoms with Gasteiger partial charge in [0.15, 0.2) is 0 Å². The molecule has 0 radical (unpaired) electrons. The number of likely N-dealkylation sites (N-methyl/N-ethyl adjacent to an activating group) is 1. The minimum atomic E-state index is -0.358. The van der Waals surface area contributed by atoms with Crippen molar-refractivity contribution >= 4 is 34.2 Å². The molecule has 0 fully saturated rings. The van der Waals surface area contributed by atoms with Crippen LogP contribution in [0.1, 0.15) is 29.7 Å². The van der Waals surface area contributed by atoms with E-state index >= 15 is 0 Å². The van der Waals surface area contributed by atoms with Gasteiger partial charge in [0.2, 0.25) is 0 Å². The molecule has 2 aromatic carbocycles. The van der Waals surface area contributed by atoms with Gasteiger partial charge in [-0.25, -0.2) is 4.39 Å². The summed E-state index contributed by atoms with van der Waals surface area (Å²) >= 11 is 8.13. The van der Waals surface area contributed by atoms with Gasteiger partial charge in [0.05, 0.1) is 5.02 Å². The molecule has 0 aliphatic carbocycles. The Bertz CT molecular complexity index is 630. The van der Waals surface area contributed by atoms with Crippen LogP contribution in [0.15, 0.2) is 36.4 Å². The number of aryl methyl sites for hydroxylation is 1. The normalized spacial score (nSPS) is 12.4. The van der Waals surface area contributed by atoms with Gasteiger partial charge in [0.25, 0.3) is 0 Å². The molecule has 21 heavy (non-hydrogen) atoms. The van der Waals surface area contributed by atoms with Crippen molar-refractivity contribution < 1.29 is 4.39 Å². The molecule has 0 saturated heterocycles. The molecule has 0 aromatic heterocycles. The molecule has 2 rings (SSSR count). The molecule has 0 aliphatic heterocycles. The van der Waals surface area contributed by atoms with E-state index in [1.54, 1.807) is 6.07 Å². The van der Waals surface area contributed by atoms with Crippen LogP contribution in [0, 0.1) is 16.3 Å². The summed E-state index contributed by atoms with van der Waals surface area (Å²) in [6, 6.07) is 11.5. The first-order valence-corrected chi connectivity index (χ1v) is 8.41. The first-order valence-electron chi connectivity index (χ1n) is 6.95. The van der Waals surface area contributed by atoms with Crippen LogP contribution in [0.4, 0.5) is 4.39 Å². The fourth-order valence-electron chi connectivity index (χ4n) is 2.38. The minimum Gasteiger partial charge on any atom is -0.310 e. The predicted molar refractivity (Wildman–Crippen MR) is 95.4 cm³/mol. The molecule has 0 spiro atoms. The molecule has 0 aliphatic rings. The molecule has 1 N–H and O–H groups in total. The zero-order chi connectivity index (χ0) is 15.4. The lowest BCUT2D eigenvalue weighted by Gasteiger charge is -2.21. The third-order valence-corrected chi connectivity index (χ3v) is 5.25. The Balaban J connectivity index is 2.30. The lowest BCUT2D eigenvalue weighted by atomic mass is 9.97. The number of halogens is 3. The maximum Gasteiger partial charge on any atom is 0.142 e. The predicted octanol–water partition coefficient (Wildman–Crippen LogP) is 5.29. The largest absolute Gasteiger partial charge is 0.310 e. The smallest absolute Gasteiger partial charge is 0.142 e. The Morgan fingerprint density at radius 1 is 1.29 bits per heavy atom. The van der Waals surface area contributed by atoms with Crippen LogP contribution in [0.2, 0.25) is 5.02 Å². The number of rotatable bonds is 5. The lowest BCUT2D eigenvalue weighted by Crippen LogP contribution is -2.24. The molecule has 2 aromatic rings. The van der Waals surface area contributed by atoms with Gasteiger partial charge in [0, 0.05) is 9.61 Å². The van der Waals surface area contributed by atoms with E-state index in [4.69, 9.17) is 11.6 Å². The van der Waals surface area contributed by atoms with E-state index in [-0.39, 0.29) is 16.9 Å². The summed E-state index contributed by atoms with van der Waals surface area (Å²) < 4.78 is 14.9. The van der Waals surface area contributed by atoms with Crippen LogP contribution in [-0.4, -0.2) is 6.54 Å². The fraction of sp³-hybridized carbons (Fsp3) is 0.294. The molecular formula is C17H18ClFIN. The van der Waals surface area contributed by atoms with E-state index < -0.39 is 0 Å². The molecule has 1 unspecified atom stereocenters. The van der Waals surface area contributed by atoms with Gasteiger partial charge in [-0.05, 0) is 71.3 Å². The SMILES string of the molecule is CCNC(Cc1ccc(Cl)c(F)c1)c1cccc(C)c1I. The molecule has 0 saturated carbocycles. The molecule has 0 amide bonds. The van der Waals surface area contributed by atoms with Gasteiger partial charge in [0.1, 0.15) is 5.82 Å². The minimum absolute atomic E-state index is 0.169. The van der Waals surface area contributed by atoms with Crippen LogP contribution in [0.3, 0.4) is 0 Å². The molecule has 0 heterocycles. The lowest BCUT2D eigenvalue weighted by molar-refractivity contribution is 0.544. The van der Waals surface area contributed by atoms with Gasteiger partial charge < -0.3 is 5.32 Å². The highest BCUT2D eigenvalue weighted by Crippen LogP contribution is 2.27. The number of hydrogen-bond acceptors (Lipinski definition) is 1. The van der Waals surface area contributed by atoms with Crippen LogP contribution in [0.5, 0.6) is 0 Å². The van der Waals surface area contributed by atoms with E-state index in [2.05, 4.69) is 60.0 Å². The monoisotopic (exact) mass is 417 g/mol. The van der Waals surface area contributed by atoms with Crippen LogP contribution < -0.4 is 5.32 Å². The topological polar surface area (TPSA) is 12.0 Å². The summed E-state index contributed by atoms with van der Waals surface area (Å²) in [7, 11) is 0. The molecule has 0 bridgehead atoms. The average molecular weight is 418 g/mol. The maximum absolute atomic E-state index is 13.6. The van der Waals surface area contributed by atoms with E-state index in [0.29, 0.717) is 0 Å². The van der Waals surface area contributed by atoms with Gasteiger partial charge in [-0.1, -0.05) is 42.8 Å². The van der Waals surface area contributed by atoms with Crippen molar-refractivity contribution in [2.75, 3.05) is 6.54 Å². The quantitative estimate of drug-likeness (QED) is 0.652. The number of nitrogens with one attached hydrogen (secondary N) is 1. The molecule has 1 atom stereocenters. The van der Waals surface area contributed by atoms with Gasteiger partial charge >= 0.3 is 0 Å². The van der Waals surface area contributed by atoms with Crippen molar-refractivity contribution in [2.24, 2.45) is 0 Å². The second-order valence-corrected chi connectivity index (χ2v) is 6.53. The van der Waals surface area contributed by atoms with Crippen LogP contribution in [0.25, 0.3) is 0 Å². The van der Waals surface area contributed by atoms with Crippen LogP contribution in [-0.2, 0) is 6.42 Å². The molecule has 112 valence electrons. The van der Waals surface area contributed by atoms with Crippen molar-refractivity contribution in [1.82, 2.24) is 5.32 Å². The Kier molecular flexibility index (Phi) is 6.02. The molecular weight excluding hydrogens is 400 g/mol. The highest BCUT2D eigenvalue weighted by atomic mass is 127. The second kappa shape index (κ2) is 7.56. The third-order valence-electron chi connectivity index (χ3n) is 3.47. The van der Waals surface area contributed by atoms with E-state index in [1.165, 1.54) is 20.8 Å². The van der Waals surface area contributed by atoms with E-state index in [1.807, 2.05) is 6.07 Å². The summed E-state index contributed by atoms with van der Waals surface area (Å²) in [5.74, 6) is -0.358. The van der Waals surface area contributed by atoms with E-state index in [9.17, 15) is 4.39 Å². The zero-order valence-corrected chi connectivity index (χ0v) is 15.0. The maximum atomic E-state index is 13.6. The van der Waals surface area contributed by atoms with Crippen molar-refractivity contribution in [2.45, 2.75) is 26.3 Å². The summed E-state index contributed by atoms with van der Waals surface area (Å²) in [5, 5.41) is 3.66. The van der Waals surface area contributed by atoms with Crippen molar-refractivity contribution in [3.8, 4) is 0 Å². The van der Waals surface area contributed by atoms with Crippen LogP contribution >= 0.6 is 34.2 Å². The first-order chi connectivity index (χ1) is 10.0. The Morgan fingerprint density at radius 3 is 2.71 bits per heavy atom. The van der Waals surface area contributed by atoms with Gasteiger partial charge in [-0.3, -0.25) is 0 Å². The van der Waals surface area contributed by atoms with Crippen molar-refractivity contribution in [3.63, 3.8) is 0 Å². The van der Waals surface area contributed by atoms with Crippen molar-refractivity contribution in [1.29, 1.82) is 0 Å². The first kappa shape index (κ1) is 16.7. The Labute approximate surface area is 144 Å². The molecule has 4 heteroatoms. The molecule has 1 nitrogen and oxygen atoms in total. The van der Waals surface area contributed by atoms with Gasteiger partial charge in [-0.2, -0.15) is 0 Å². The summed E-state index contributed by atoms with van der Waals surface area (Å²) in [4.78, 5) is 0.